The lowest BCUT2D eigenvalue weighted by Gasteiger charge is -2.15. The molecule has 8 heteroatoms. The van der Waals surface area contributed by atoms with Gasteiger partial charge in [-0.25, -0.2) is 0 Å². The van der Waals surface area contributed by atoms with Crippen LogP contribution in [0.3, 0.4) is 0 Å². The first-order chi connectivity index (χ1) is 15.6. The number of pyridine rings is 1. The topological polar surface area (TPSA) is 75.7 Å². The first-order valence-corrected chi connectivity index (χ1v) is 10.8. The van der Waals surface area contributed by atoms with Crippen LogP contribution in [0.15, 0.2) is 66.9 Å². The van der Waals surface area contributed by atoms with E-state index in [2.05, 4.69) is 15.6 Å². The number of amides is 1. The summed E-state index contributed by atoms with van der Waals surface area (Å²) in [4.78, 5) is 18.6. The van der Waals surface area contributed by atoms with Crippen molar-refractivity contribution >= 4 is 34.6 Å². The highest BCUT2D eigenvalue weighted by Gasteiger charge is 2.20. The van der Waals surface area contributed by atoms with Crippen molar-refractivity contribution in [3.63, 3.8) is 0 Å². The lowest BCUT2D eigenvalue weighted by molar-refractivity contribution is 0.0786. The Labute approximate surface area is 192 Å². The van der Waals surface area contributed by atoms with Gasteiger partial charge in [-0.1, -0.05) is 0 Å². The highest BCUT2D eigenvalue weighted by Crippen LogP contribution is 2.24. The molecule has 2 N–H and O–H groups in total. The summed E-state index contributed by atoms with van der Waals surface area (Å²) < 4.78 is 11.1. The molecule has 1 amide bonds. The number of aromatic nitrogens is 1. The van der Waals surface area contributed by atoms with Gasteiger partial charge in [-0.3, -0.25) is 9.78 Å². The first-order valence-electron chi connectivity index (χ1n) is 10.4. The Morgan fingerprint density at radius 3 is 2.09 bits per heavy atom. The van der Waals surface area contributed by atoms with Crippen molar-refractivity contribution in [2.45, 2.75) is 12.8 Å². The molecule has 0 bridgehead atoms. The Morgan fingerprint density at radius 1 is 0.906 bits per heavy atom. The number of anilines is 2. The summed E-state index contributed by atoms with van der Waals surface area (Å²) in [5.74, 6) is 1.95. The van der Waals surface area contributed by atoms with Crippen molar-refractivity contribution in [2.24, 2.45) is 0 Å². The molecule has 3 aromatic rings. The Kier molecular flexibility index (Phi) is 6.81. The number of nitrogens with zero attached hydrogens (tertiary/aromatic N) is 2. The smallest absolute Gasteiger partial charge is 0.272 e. The number of methoxy groups -OCH3 is 1. The molecule has 0 spiro atoms. The number of nitrogens with one attached hydrogen (secondary N) is 2. The summed E-state index contributed by atoms with van der Waals surface area (Å²) >= 11 is 5.37. The SMILES string of the molecule is COc1ccc(NC(=S)Nc2ccc(Oc3ccnc(C(=O)N4CCCC4)c3)cc2)cc1. The highest BCUT2D eigenvalue weighted by atomic mass is 32.1. The number of thiocarbonyl (C=S) groups is 1. The molecule has 0 aliphatic carbocycles. The fourth-order valence-corrected chi connectivity index (χ4v) is 3.62. The summed E-state index contributed by atoms with van der Waals surface area (Å²) in [5.41, 5.74) is 2.08. The highest BCUT2D eigenvalue weighted by molar-refractivity contribution is 7.80. The largest absolute Gasteiger partial charge is 0.497 e. The van der Waals surface area contributed by atoms with Gasteiger partial charge in [-0.2, -0.15) is 0 Å². The van der Waals surface area contributed by atoms with Crippen molar-refractivity contribution in [1.29, 1.82) is 0 Å². The van der Waals surface area contributed by atoms with Gasteiger partial charge < -0.3 is 25.0 Å². The van der Waals surface area contributed by atoms with E-state index in [9.17, 15) is 4.79 Å². The average Bonchev–Trinajstić information content (AvgIpc) is 3.35. The molecular formula is C24H24N4O3S. The van der Waals surface area contributed by atoms with Crippen molar-refractivity contribution in [2.75, 3.05) is 30.8 Å². The zero-order chi connectivity index (χ0) is 22.3. The second kappa shape index (κ2) is 10.1. The first kappa shape index (κ1) is 21.6. The van der Waals surface area contributed by atoms with E-state index >= 15 is 0 Å². The maximum absolute atomic E-state index is 12.5. The Bertz CT molecular complexity index is 1080. The van der Waals surface area contributed by atoms with Gasteiger partial charge >= 0.3 is 0 Å². The van der Waals surface area contributed by atoms with E-state index in [0.717, 1.165) is 43.1 Å². The van der Waals surface area contributed by atoms with Crippen molar-refractivity contribution in [3.05, 3.63) is 72.6 Å². The molecule has 1 aromatic heterocycles. The number of benzene rings is 2. The fraction of sp³-hybridized carbons (Fsp3) is 0.208. The average molecular weight is 449 g/mol. The monoisotopic (exact) mass is 448 g/mol. The molecule has 164 valence electrons. The molecule has 1 aliphatic rings. The second-order valence-corrected chi connectivity index (χ2v) is 7.72. The van der Waals surface area contributed by atoms with Crippen LogP contribution in [0.2, 0.25) is 0 Å². The fourth-order valence-electron chi connectivity index (χ4n) is 3.38. The van der Waals surface area contributed by atoms with Crippen molar-refractivity contribution in [3.8, 4) is 17.2 Å². The molecule has 4 rings (SSSR count). The summed E-state index contributed by atoms with van der Waals surface area (Å²) in [7, 11) is 1.63. The van der Waals surface area contributed by atoms with Crippen molar-refractivity contribution < 1.29 is 14.3 Å². The van der Waals surface area contributed by atoms with Gasteiger partial charge in [0.05, 0.1) is 7.11 Å². The van der Waals surface area contributed by atoms with Crippen LogP contribution >= 0.6 is 12.2 Å². The van der Waals surface area contributed by atoms with Gasteiger partial charge in [0.2, 0.25) is 0 Å². The lowest BCUT2D eigenvalue weighted by Crippen LogP contribution is -2.28. The Balaban J connectivity index is 1.34. The van der Waals surface area contributed by atoms with Crippen LogP contribution in [0.4, 0.5) is 11.4 Å². The van der Waals surface area contributed by atoms with Gasteiger partial charge in [0.1, 0.15) is 22.9 Å². The molecule has 7 nitrogen and oxygen atoms in total. The molecule has 0 unspecified atom stereocenters. The molecule has 0 saturated carbocycles. The van der Waals surface area contributed by atoms with E-state index in [0.29, 0.717) is 22.3 Å². The van der Waals surface area contributed by atoms with Gasteiger partial charge in [0, 0.05) is 36.7 Å². The summed E-state index contributed by atoms with van der Waals surface area (Å²) in [6.07, 6.45) is 3.68. The number of rotatable bonds is 6. The number of likely N-dealkylation sites (tertiary alicyclic amines) is 1. The van der Waals surface area contributed by atoms with Gasteiger partial charge in [0.25, 0.3) is 5.91 Å². The molecule has 32 heavy (non-hydrogen) atoms. The van der Waals surface area contributed by atoms with Crippen LogP contribution < -0.4 is 20.1 Å². The van der Waals surface area contributed by atoms with Gasteiger partial charge in [0.15, 0.2) is 5.11 Å². The van der Waals surface area contributed by atoms with Crippen LogP contribution in [0.25, 0.3) is 0 Å². The summed E-state index contributed by atoms with van der Waals surface area (Å²) in [6, 6.07) is 18.3. The van der Waals surface area contributed by atoms with E-state index in [1.54, 1.807) is 25.4 Å². The third kappa shape index (κ3) is 5.53. The minimum absolute atomic E-state index is 0.0506. The maximum Gasteiger partial charge on any atom is 0.272 e. The minimum atomic E-state index is -0.0506. The third-order valence-corrected chi connectivity index (χ3v) is 5.24. The molecule has 0 atom stereocenters. The Morgan fingerprint density at radius 2 is 1.50 bits per heavy atom. The number of carbonyl (C=O) groups excluding carboxylic acids is 1. The van der Waals surface area contributed by atoms with Crippen LogP contribution in [0.5, 0.6) is 17.2 Å². The predicted molar refractivity (Wildman–Crippen MR) is 129 cm³/mol. The second-order valence-electron chi connectivity index (χ2n) is 7.31. The van der Waals surface area contributed by atoms with E-state index in [1.165, 1.54) is 0 Å². The van der Waals surface area contributed by atoms with E-state index in [1.807, 2.05) is 53.4 Å². The number of hydrogen-bond acceptors (Lipinski definition) is 5. The van der Waals surface area contributed by atoms with Gasteiger partial charge in [-0.15, -0.1) is 0 Å². The maximum atomic E-state index is 12.5. The molecule has 2 aromatic carbocycles. The standard InChI is InChI=1S/C24H24N4O3S/c1-30-19-8-4-17(5-9-19)26-24(32)27-18-6-10-20(11-7-18)31-21-12-13-25-22(16-21)23(29)28-14-2-3-15-28/h4-13,16H,2-3,14-15H2,1H3,(H2,26,27,32). The molecule has 1 aliphatic heterocycles. The summed E-state index contributed by atoms with van der Waals surface area (Å²) in [5, 5.41) is 6.74. The van der Waals surface area contributed by atoms with Gasteiger partial charge in [-0.05, 0) is 79.7 Å². The minimum Gasteiger partial charge on any atom is -0.497 e. The van der Waals surface area contributed by atoms with E-state index in [-0.39, 0.29) is 5.91 Å². The number of ether oxygens (including phenoxy) is 2. The molecule has 1 fully saturated rings. The third-order valence-electron chi connectivity index (χ3n) is 5.04. The van der Waals surface area contributed by atoms with Crippen LogP contribution in [-0.2, 0) is 0 Å². The zero-order valence-electron chi connectivity index (χ0n) is 17.7. The van der Waals surface area contributed by atoms with Crippen LogP contribution in [0, 0.1) is 0 Å². The van der Waals surface area contributed by atoms with Crippen LogP contribution in [-0.4, -0.2) is 41.1 Å². The van der Waals surface area contributed by atoms with Crippen LogP contribution in [0.1, 0.15) is 23.3 Å². The Hall–Kier alpha value is -3.65. The normalized spacial score (nSPS) is 12.8. The molecule has 0 radical (unpaired) electrons. The lowest BCUT2D eigenvalue weighted by atomic mass is 10.3. The number of hydrogen-bond donors (Lipinski definition) is 2. The molecule has 1 saturated heterocycles. The van der Waals surface area contributed by atoms with Crippen molar-refractivity contribution in [1.82, 2.24) is 9.88 Å². The summed E-state index contributed by atoms with van der Waals surface area (Å²) in [6.45, 7) is 1.57. The number of carbonyl (C=O) groups is 1. The molecule has 2 heterocycles. The zero-order valence-corrected chi connectivity index (χ0v) is 18.5. The quantitative estimate of drug-likeness (QED) is 0.518. The predicted octanol–water partition coefficient (Wildman–Crippen LogP) is 4.93. The van der Waals surface area contributed by atoms with E-state index in [4.69, 9.17) is 21.7 Å². The van der Waals surface area contributed by atoms with E-state index < -0.39 is 0 Å². The molecular weight excluding hydrogens is 424 g/mol.